The monoisotopic (exact) mass is 898 g/mol. The van der Waals surface area contributed by atoms with Crippen LogP contribution in [0.2, 0.25) is 0 Å². The van der Waals surface area contributed by atoms with Gasteiger partial charge in [0.1, 0.15) is 34.4 Å². The lowest BCUT2D eigenvalue weighted by Gasteiger charge is -2.50. The molecule has 4 aliphatic rings. The van der Waals surface area contributed by atoms with Gasteiger partial charge in [0, 0.05) is 29.2 Å². The van der Waals surface area contributed by atoms with E-state index in [1.165, 1.54) is 40.6 Å². The fourth-order valence-electron chi connectivity index (χ4n) is 9.19. The molecule has 0 aromatic heterocycles. The summed E-state index contributed by atoms with van der Waals surface area (Å²) in [6.45, 7) is 0. The number of imide groups is 2. The number of carbonyl (C=O) groups is 4. The molecule has 1 N–H and O–H groups in total. The molecule has 0 spiro atoms. The number of phenols is 1. The van der Waals surface area contributed by atoms with E-state index in [0.29, 0.717) is 17.1 Å². The number of phenolic OH excluding ortho intramolecular Hbond substituents is 1. The number of fused-ring (bicyclic) bond motifs is 4. The highest BCUT2D eigenvalue weighted by Gasteiger charge is 2.77. The molecule has 11 nitrogen and oxygen atoms in total. The lowest BCUT2D eigenvalue weighted by Crippen LogP contribution is -2.60. The van der Waals surface area contributed by atoms with Crippen molar-refractivity contribution in [3.63, 3.8) is 0 Å². The van der Waals surface area contributed by atoms with E-state index in [9.17, 15) is 37.5 Å². The Bertz CT molecular complexity index is 2650. The van der Waals surface area contributed by atoms with Crippen LogP contribution >= 0.6 is 23.2 Å². The van der Waals surface area contributed by atoms with Crippen molar-refractivity contribution in [1.82, 2.24) is 0 Å². The van der Waals surface area contributed by atoms with Crippen LogP contribution in [0.25, 0.3) is 12.2 Å². The molecule has 62 heavy (non-hydrogen) atoms. The van der Waals surface area contributed by atoms with Crippen LogP contribution in [0, 0.1) is 46.8 Å². The number of alkyl halides is 2. The molecule has 0 bridgehead atoms. The third kappa shape index (κ3) is 5.97. The molecular formula is C44H33Cl2F5N2O9. The second-order valence-electron chi connectivity index (χ2n) is 15.0. The van der Waals surface area contributed by atoms with Crippen LogP contribution in [0.4, 0.5) is 33.3 Å². The van der Waals surface area contributed by atoms with Crippen LogP contribution < -0.4 is 28.7 Å². The first-order valence-electron chi connectivity index (χ1n) is 18.8. The van der Waals surface area contributed by atoms with Gasteiger partial charge in [-0.05, 0) is 54.7 Å². The number of benzene rings is 4. The fraction of sp³-hybridized carbons (Fsp3) is 0.273. The van der Waals surface area contributed by atoms with Crippen molar-refractivity contribution in [2.75, 3.05) is 38.2 Å². The topological polar surface area (TPSA) is 132 Å². The number of halogens is 7. The minimum atomic E-state index is -2.88. The molecule has 2 aliphatic heterocycles. The zero-order valence-electron chi connectivity index (χ0n) is 32.9. The number of aromatic hydroxyl groups is 1. The SMILES string of the molecule is COc1ccc(OC)c(C=Cc2ccc(N3C(=O)[C@H]4[C@H](CC=C5[C@H]4C[C@@]4(Cl)C(=O)N(c6c(F)c(F)c(F)c(F)c6F)C(=O)[C@@]4(Cl)[C@H]5c4c(O)cc(OC)cc4OC)C3=O)cc2)c1. The average molecular weight is 900 g/mol. The van der Waals surface area contributed by atoms with Gasteiger partial charge in [0.15, 0.2) is 33.0 Å². The summed E-state index contributed by atoms with van der Waals surface area (Å²) < 4.78 is 96.0. The lowest BCUT2D eigenvalue weighted by molar-refractivity contribution is -0.125. The summed E-state index contributed by atoms with van der Waals surface area (Å²) in [4.78, 5) is 53.1. The van der Waals surface area contributed by atoms with Gasteiger partial charge in [0.25, 0.3) is 11.8 Å². The van der Waals surface area contributed by atoms with Crippen molar-refractivity contribution in [1.29, 1.82) is 0 Å². The van der Waals surface area contributed by atoms with Gasteiger partial charge in [-0.1, -0.05) is 35.9 Å². The highest BCUT2D eigenvalue weighted by atomic mass is 35.5. The van der Waals surface area contributed by atoms with Crippen molar-refractivity contribution in [2.24, 2.45) is 17.8 Å². The molecule has 322 valence electrons. The third-order valence-electron chi connectivity index (χ3n) is 12.1. The molecule has 4 aromatic rings. The van der Waals surface area contributed by atoms with Gasteiger partial charge in [-0.25, -0.2) is 26.9 Å². The normalized spacial score (nSPS) is 25.5. The van der Waals surface area contributed by atoms with E-state index in [1.807, 2.05) is 0 Å². The van der Waals surface area contributed by atoms with Crippen LogP contribution in [-0.2, 0) is 19.2 Å². The molecule has 0 radical (unpaired) electrons. The van der Waals surface area contributed by atoms with Gasteiger partial charge in [-0.15, -0.1) is 23.2 Å². The Balaban J connectivity index is 1.22. The van der Waals surface area contributed by atoms with Crippen molar-refractivity contribution < 1.29 is 65.2 Å². The number of anilines is 2. The molecular weight excluding hydrogens is 866 g/mol. The van der Waals surface area contributed by atoms with Gasteiger partial charge in [0.2, 0.25) is 17.6 Å². The predicted molar refractivity (Wildman–Crippen MR) is 215 cm³/mol. The Kier molecular flexibility index (Phi) is 10.5. The second kappa shape index (κ2) is 15.3. The number of methoxy groups -OCH3 is 4. The van der Waals surface area contributed by atoms with Crippen LogP contribution in [0.15, 0.2) is 66.2 Å². The van der Waals surface area contributed by atoms with Gasteiger partial charge in [-0.2, -0.15) is 0 Å². The fourth-order valence-corrected chi connectivity index (χ4v) is 10.1. The van der Waals surface area contributed by atoms with Crippen molar-refractivity contribution in [3.05, 3.63) is 112 Å². The highest BCUT2D eigenvalue weighted by Crippen LogP contribution is 2.68. The van der Waals surface area contributed by atoms with E-state index in [2.05, 4.69) is 0 Å². The smallest absolute Gasteiger partial charge is 0.258 e. The van der Waals surface area contributed by atoms with Gasteiger partial charge in [-0.3, -0.25) is 24.1 Å². The van der Waals surface area contributed by atoms with Crippen LogP contribution in [0.3, 0.4) is 0 Å². The maximum absolute atomic E-state index is 15.5. The number of ether oxygens (including phenoxy) is 4. The van der Waals surface area contributed by atoms with Gasteiger partial charge >= 0.3 is 0 Å². The maximum atomic E-state index is 15.5. The molecule has 4 amide bonds. The minimum Gasteiger partial charge on any atom is -0.507 e. The largest absolute Gasteiger partial charge is 0.507 e. The van der Waals surface area contributed by atoms with E-state index < -0.39 is 104 Å². The summed E-state index contributed by atoms with van der Waals surface area (Å²) in [7, 11) is 5.53. The van der Waals surface area contributed by atoms with Crippen molar-refractivity contribution >= 4 is 70.4 Å². The summed E-state index contributed by atoms with van der Waals surface area (Å²) in [5.74, 6) is -22.1. The van der Waals surface area contributed by atoms with E-state index in [0.717, 1.165) is 16.5 Å². The molecule has 4 aromatic carbocycles. The van der Waals surface area contributed by atoms with Crippen LogP contribution in [0.1, 0.15) is 35.4 Å². The lowest BCUT2D eigenvalue weighted by atomic mass is 9.56. The number of hydrogen-bond donors (Lipinski definition) is 1. The first-order chi connectivity index (χ1) is 29.5. The molecule has 2 saturated heterocycles. The molecule has 6 atom stereocenters. The van der Waals surface area contributed by atoms with Crippen molar-refractivity contribution in [2.45, 2.75) is 28.5 Å². The summed E-state index contributed by atoms with van der Waals surface area (Å²) >= 11 is 14.5. The third-order valence-corrected chi connectivity index (χ3v) is 13.5. The van der Waals surface area contributed by atoms with Gasteiger partial charge in [0.05, 0.1) is 46.0 Å². The Morgan fingerprint density at radius 3 is 1.94 bits per heavy atom. The first kappa shape index (κ1) is 42.6. The molecule has 18 heteroatoms. The molecule has 2 heterocycles. The Morgan fingerprint density at radius 1 is 0.694 bits per heavy atom. The maximum Gasteiger partial charge on any atom is 0.258 e. The highest BCUT2D eigenvalue weighted by molar-refractivity contribution is 6.58. The van der Waals surface area contributed by atoms with Gasteiger partial charge < -0.3 is 24.1 Å². The number of rotatable bonds is 9. The first-order valence-corrected chi connectivity index (χ1v) is 19.6. The Labute approximate surface area is 359 Å². The van der Waals surface area contributed by atoms with E-state index in [4.69, 9.17) is 42.1 Å². The van der Waals surface area contributed by atoms with E-state index in [1.54, 1.807) is 54.6 Å². The molecule has 8 rings (SSSR count). The van der Waals surface area contributed by atoms with E-state index >= 15 is 8.78 Å². The number of hydrogen-bond acceptors (Lipinski definition) is 9. The molecule has 3 fully saturated rings. The number of carbonyl (C=O) groups excluding carboxylic acids is 4. The number of amides is 4. The quantitative estimate of drug-likeness (QED) is 0.0337. The summed E-state index contributed by atoms with van der Waals surface area (Å²) in [6.07, 6.45) is 4.22. The zero-order chi connectivity index (χ0) is 44.7. The second-order valence-corrected chi connectivity index (χ2v) is 16.2. The molecule has 0 unspecified atom stereocenters. The van der Waals surface area contributed by atoms with E-state index in [-0.39, 0.29) is 39.6 Å². The Hall–Kier alpha value is -6.13. The van der Waals surface area contributed by atoms with Crippen molar-refractivity contribution in [3.8, 4) is 28.7 Å². The van der Waals surface area contributed by atoms with Crippen LogP contribution in [-0.4, -0.2) is 66.9 Å². The zero-order valence-corrected chi connectivity index (χ0v) is 34.4. The number of allylic oxidation sites excluding steroid dienone is 2. The summed E-state index contributed by atoms with van der Waals surface area (Å²) in [5.41, 5.74) is -0.487. The molecule has 1 saturated carbocycles. The minimum absolute atomic E-state index is 0.0551. The van der Waals surface area contributed by atoms with Crippen LogP contribution in [0.5, 0.6) is 28.7 Å². The standard InChI is InChI=1S/C44H33Cl2F5N2O9/c1-59-22-11-14-28(61-3)20(15-22)8-5-19-6-9-21(10-7-19)52-39(55)25-13-12-24-26(30(25)40(52)56)18-43(45)41(57)53(38-36(50)34(48)33(47)35(49)37(38)51)42(58)44(43,46)32(24)31-27(54)16-23(60-2)17-29(31)62-4/h5-12,14-17,25-26,30,32,54H,13,18H2,1-4H3/t25-,26+,30-,32+,43+,44-/m0/s1. The summed E-state index contributed by atoms with van der Waals surface area (Å²) in [5, 5.41) is 11.6. The number of nitrogens with zero attached hydrogens (tertiary/aromatic N) is 2. The predicted octanol–water partition coefficient (Wildman–Crippen LogP) is 8.06. The summed E-state index contributed by atoms with van der Waals surface area (Å²) in [6, 6.07) is 14.1. The molecule has 2 aliphatic carbocycles. The average Bonchev–Trinajstić information content (AvgIpc) is 3.61. The Morgan fingerprint density at radius 2 is 1.32 bits per heavy atom.